The van der Waals surface area contributed by atoms with Gasteiger partial charge in [-0.2, -0.15) is 9.36 Å². The molecule has 1 N–H and O–H groups in total. The van der Waals surface area contributed by atoms with E-state index in [1.165, 1.54) is 11.5 Å². The molecule has 6 nitrogen and oxygen atoms in total. The largest absolute Gasteiger partial charge is 0.383 e. The van der Waals surface area contributed by atoms with Crippen molar-refractivity contribution in [2.45, 2.75) is 0 Å². The van der Waals surface area contributed by atoms with E-state index < -0.39 is 0 Å². The summed E-state index contributed by atoms with van der Waals surface area (Å²) >= 11 is 1.41. The summed E-state index contributed by atoms with van der Waals surface area (Å²) in [5, 5.41) is 4.07. The first-order chi connectivity index (χ1) is 8.29. The Morgan fingerprint density at radius 2 is 2.12 bits per heavy atom. The van der Waals surface area contributed by atoms with Gasteiger partial charge in [0.2, 0.25) is 11.1 Å². The second-order valence-corrected chi connectivity index (χ2v) is 4.86. The van der Waals surface area contributed by atoms with Gasteiger partial charge in [-0.05, 0) is 7.05 Å². The van der Waals surface area contributed by atoms with Gasteiger partial charge in [-0.3, -0.25) is 0 Å². The van der Waals surface area contributed by atoms with Crippen molar-refractivity contribution in [3.63, 3.8) is 0 Å². The Morgan fingerprint density at radius 3 is 2.82 bits per heavy atom. The summed E-state index contributed by atoms with van der Waals surface area (Å²) in [6.45, 7) is 5.62. The van der Waals surface area contributed by atoms with Gasteiger partial charge in [0.25, 0.3) is 0 Å². The molecule has 0 aliphatic carbocycles. The zero-order valence-electron chi connectivity index (χ0n) is 10.3. The lowest BCUT2D eigenvalue weighted by Crippen LogP contribution is -2.44. The molecule has 0 aromatic carbocycles. The van der Waals surface area contributed by atoms with Gasteiger partial charge in [0.1, 0.15) is 0 Å². The maximum atomic E-state index is 4.98. The number of aromatic nitrogens is 2. The van der Waals surface area contributed by atoms with Crippen molar-refractivity contribution in [1.82, 2.24) is 14.3 Å². The van der Waals surface area contributed by atoms with Gasteiger partial charge in [-0.25, -0.2) is 0 Å². The second-order valence-electron chi connectivity index (χ2n) is 4.11. The minimum atomic E-state index is 0.684. The van der Waals surface area contributed by atoms with Gasteiger partial charge in [-0.15, -0.1) is 0 Å². The van der Waals surface area contributed by atoms with Crippen LogP contribution in [0.1, 0.15) is 0 Å². The van der Waals surface area contributed by atoms with Crippen LogP contribution in [-0.4, -0.2) is 67.7 Å². The van der Waals surface area contributed by atoms with Crippen LogP contribution in [0.2, 0.25) is 0 Å². The van der Waals surface area contributed by atoms with Crippen molar-refractivity contribution in [3.8, 4) is 0 Å². The summed E-state index contributed by atoms with van der Waals surface area (Å²) in [6, 6.07) is 0. The Kier molecular flexibility index (Phi) is 4.52. The smallest absolute Gasteiger partial charge is 0.239 e. The van der Waals surface area contributed by atoms with Crippen LogP contribution in [0.25, 0.3) is 0 Å². The molecule has 17 heavy (non-hydrogen) atoms. The van der Waals surface area contributed by atoms with Crippen LogP contribution < -0.4 is 10.2 Å². The van der Waals surface area contributed by atoms with Gasteiger partial charge in [0.15, 0.2) is 0 Å². The van der Waals surface area contributed by atoms with Crippen molar-refractivity contribution in [1.29, 1.82) is 0 Å². The van der Waals surface area contributed by atoms with E-state index in [0.29, 0.717) is 6.61 Å². The first-order valence-corrected chi connectivity index (χ1v) is 6.57. The molecule has 0 saturated carbocycles. The van der Waals surface area contributed by atoms with Crippen LogP contribution in [0.4, 0.5) is 11.1 Å². The summed E-state index contributed by atoms with van der Waals surface area (Å²) < 4.78 is 9.35. The standard InChI is InChI=1S/C10H19N5OS/c1-14-4-6-15(7-5-14)9-12-10(17-13-9)11-3-8-16-2/h3-8H2,1-2H3,(H,11,12,13). The number of hydrogen-bond acceptors (Lipinski definition) is 7. The molecule has 1 aliphatic heterocycles. The third kappa shape index (κ3) is 3.52. The van der Waals surface area contributed by atoms with Gasteiger partial charge in [0.05, 0.1) is 6.61 Å². The molecule has 2 rings (SSSR count). The van der Waals surface area contributed by atoms with Gasteiger partial charge in [-0.1, -0.05) is 0 Å². The van der Waals surface area contributed by atoms with Crippen molar-refractivity contribution in [2.75, 3.05) is 63.7 Å². The molecule has 1 aromatic heterocycles. The van der Waals surface area contributed by atoms with E-state index in [1.54, 1.807) is 7.11 Å². The Balaban J connectivity index is 1.85. The van der Waals surface area contributed by atoms with E-state index in [2.05, 4.69) is 31.5 Å². The first kappa shape index (κ1) is 12.5. The lowest BCUT2D eigenvalue weighted by molar-refractivity contribution is 0.211. The zero-order valence-corrected chi connectivity index (χ0v) is 11.2. The van der Waals surface area contributed by atoms with Gasteiger partial charge >= 0.3 is 0 Å². The highest BCUT2D eigenvalue weighted by Crippen LogP contribution is 2.18. The van der Waals surface area contributed by atoms with E-state index in [4.69, 9.17) is 4.74 Å². The van der Waals surface area contributed by atoms with E-state index >= 15 is 0 Å². The summed E-state index contributed by atoms with van der Waals surface area (Å²) in [7, 11) is 3.83. The molecular weight excluding hydrogens is 238 g/mol. The molecule has 7 heteroatoms. The molecule has 2 heterocycles. The quantitative estimate of drug-likeness (QED) is 0.768. The van der Waals surface area contributed by atoms with Gasteiger partial charge in [0, 0.05) is 51.4 Å². The first-order valence-electron chi connectivity index (χ1n) is 5.79. The van der Waals surface area contributed by atoms with Crippen molar-refractivity contribution in [2.24, 2.45) is 0 Å². The summed E-state index contributed by atoms with van der Waals surface area (Å²) in [5.41, 5.74) is 0. The highest BCUT2D eigenvalue weighted by Gasteiger charge is 2.17. The SMILES string of the molecule is COCCNc1nc(N2CCN(C)CC2)ns1. The fraction of sp³-hybridized carbons (Fsp3) is 0.800. The number of nitrogens with one attached hydrogen (secondary N) is 1. The predicted octanol–water partition coefficient (Wildman–Crippen LogP) is 0.348. The molecule has 1 aromatic rings. The predicted molar refractivity (Wildman–Crippen MR) is 70.0 cm³/mol. The van der Waals surface area contributed by atoms with Crippen molar-refractivity contribution < 1.29 is 4.74 Å². The minimum Gasteiger partial charge on any atom is -0.383 e. The number of rotatable bonds is 5. The number of ether oxygens (including phenoxy) is 1. The number of likely N-dealkylation sites (N-methyl/N-ethyl adjacent to an activating group) is 1. The molecule has 0 spiro atoms. The average Bonchev–Trinajstić information content (AvgIpc) is 2.79. The lowest BCUT2D eigenvalue weighted by Gasteiger charge is -2.31. The monoisotopic (exact) mass is 257 g/mol. The summed E-state index contributed by atoms with van der Waals surface area (Å²) in [6.07, 6.45) is 0. The van der Waals surface area contributed by atoms with Crippen LogP contribution in [0.5, 0.6) is 0 Å². The number of anilines is 2. The number of nitrogens with zero attached hydrogens (tertiary/aromatic N) is 4. The molecule has 0 amide bonds. The molecule has 0 radical (unpaired) electrons. The zero-order chi connectivity index (χ0) is 12.1. The maximum Gasteiger partial charge on any atom is 0.239 e. The summed E-state index contributed by atoms with van der Waals surface area (Å²) in [5.74, 6) is 0.850. The van der Waals surface area contributed by atoms with Crippen LogP contribution in [0, 0.1) is 0 Å². The fourth-order valence-electron chi connectivity index (χ4n) is 1.68. The van der Waals surface area contributed by atoms with E-state index in [0.717, 1.165) is 43.8 Å². The maximum absolute atomic E-state index is 4.98. The number of hydrogen-bond donors (Lipinski definition) is 1. The number of methoxy groups -OCH3 is 1. The highest BCUT2D eigenvalue weighted by molar-refractivity contribution is 7.09. The third-order valence-electron chi connectivity index (χ3n) is 2.78. The van der Waals surface area contributed by atoms with Crippen LogP contribution in [0.15, 0.2) is 0 Å². The van der Waals surface area contributed by atoms with E-state index in [-0.39, 0.29) is 0 Å². The molecule has 96 valence electrons. The molecule has 0 unspecified atom stereocenters. The van der Waals surface area contributed by atoms with E-state index in [9.17, 15) is 0 Å². The fourth-order valence-corrected chi connectivity index (χ4v) is 2.30. The van der Waals surface area contributed by atoms with Crippen molar-refractivity contribution in [3.05, 3.63) is 0 Å². The Bertz CT molecular complexity index is 337. The van der Waals surface area contributed by atoms with Gasteiger partial charge < -0.3 is 19.9 Å². The molecule has 1 saturated heterocycles. The molecule has 1 aliphatic rings. The van der Waals surface area contributed by atoms with Crippen molar-refractivity contribution >= 4 is 22.6 Å². The average molecular weight is 257 g/mol. The normalized spacial score (nSPS) is 17.4. The third-order valence-corrected chi connectivity index (χ3v) is 3.45. The Labute approximate surface area is 106 Å². The Hall–Kier alpha value is -0.920. The number of piperazine rings is 1. The molecule has 0 bridgehead atoms. The van der Waals surface area contributed by atoms with E-state index in [1.807, 2.05) is 0 Å². The molecule has 1 fully saturated rings. The van der Waals surface area contributed by atoms with Crippen LogP contribution >= 0.6 is 11.5 Å². The second kappa shape index (κ2) is 6.13. The molecular formula is C10H19N5OS. The molecule has 0 atom stereocenters. The highest BCUT2D eigenvalue weighted by atomic mass is 32.1. The lowest BCUT2D eigenvalue weighted by atomic mass is 10.3. The van der Waals surface area contributed by atoms with Crippen LogP contribution in [-0.2, 0) is 4.74 Å². The summed E-state index contributed by atoms with van der Waals surface area (Å²) in [4.78, 5) is 9.03. The Morgan fingerprint density at radius 1 is 1.35 bits per heavy atom. The topological polar surface area (TPSA) is 53.5 Å². The van der Waals surface area contributed by atoms with Crippen LogP contribution in [0.3, 0.4) is 0 Å². The minimum absolute atomic E-state index is 0.684.